The van der Waals surface area contributed by atoms with Crippen molar-refractivity contribution in [2.24, 2.45) is 0 Å². The molecule has 0 aromatic heterocycles. The molecule has 102 valence electrons. The van der Waals surface area contributed by atoms with Gasteiger partial charge in [0.25, 0.3) is 0 Å². The lowest BCUT2D eigenvalue weighted by molar-refractivity contribution is 0.0389. The van der Waals surface area contributed by atoms with Gasteiger partial charge >= 0.3 is 0 Å². The summed E-state index contributed by atoms with van der Waals surface area (Å²) in [4.78, 5) is 0. The Bertz CT molecular complexity index is 523. The number of nitrogens with one attached hydrogen (secondary N) is 1. The summed E-state index contributed by atoms with van der Waals surface area (Å²) in [6.07, 6.45) is 0.715. The first-order chi connectivity index (χ1) is 8.99. The average Bonchev–Trinajstić information content (AvgIpc) is 2.69. The van der Waals surface area contributed by atoms with E-state index in [0.29, 0.717) is 30.2 Å². The van der Waals surface area contributed by atoms with Crippen LogP contribution >= 0.6 is 11.6 Å². The quantitative estimate of drug-likeness (QED) is 0.892. The Morgan fingerprint density at radius 3 is 2.89 bits per heavy atom. The second kappa shape index (κ2) is 5.38. The van der Waals surface area contributed by atoms with Crippen LogP contribution in [0.2, 0.25) is 5.02 Å². The molecule has 0 bridgehead atoms. The highest BCUT2D eigenvalue weighted by Gasteiger charge is 2.38. The minimum atomic E-state index is -0.897. The fraction of sp³-hybridized carbons (Fsp3) is 0.500. The van der Waals surface area contributed by atoms with Gasteiger partial charge in [-0.05, 0) is 31.0 Å². The van der Waals surface area contributed by atoms with Crippen LogP contribution < -0.4 is 5.32 Å². The predicted octanol–water partition coefficient (Wildman–Crippen LogP) is 2.34. The van der Waals surface area contributed by atoms with E-state index in [4.69, 9.17) is 21.6 Å². The molecule has 1 aromatic rings. The molecule has 1 aliphatic heterocycles. The largest absolute Gasteiger partial charge is 0.386 e. The predicted molar refractivity (Wildman–Crippen MR) is 74.4 cm³/mol. The molecule has 1 heterocycles. The van der Waals surface area contributed by atoms with Gasteiger partial charge in [-0.2, -0.15) is 5.26 Å². The normalized spacial score (nSPS) is 26.2. The zero-order valence-corrected chi connectivity index (χ0v) is 11.8. The van der Waals surface area contributed by atoms with Gasteiger partial charge in [0, 0.05) is 5.69 Å². The molecule has 0 unspecified atom stereocenters. The monoisotopic (exact) mass is 280 g/mol. The van der Waals surface area contributed by atoms with Gasteiger partial charge in [-0.15, -0.1) is 0 Å². The Balaban J connectivity index is 2.31. The molecule has 0 spiro atoms. The summed E-state index contributed by atoms with van der Waals surface area (Å²) in [6.45, 7) is 4.50. The molecule has 2 rings (SSSR count). The molecule has 1 saturated heterocycles. The lowest BCUT2D eigenvalue weighted by atomic mass is 9.99. The Morgan fingerprint density at radius 2 is 2.37 bits per heavy atom. The van der Waals surface area contributed by atoms with Crippen molar-refractivity contribution in [3.8, 4) is 6.07 Å². The molecule has 2 atom stereocenters. The van der Waals surface area contributed by atoms with Crippen molar-refractivity contribution >= 4 is 17.3 Å². The minimum Gasteiger partial charge on any atom is -0.386 e. The van der Waals surface area contributed by atoms with Crippen LogP contribution in [0.25, 0.3) is 0 Å². The van der Waals surface area contributed by atoms with Crippen molar-refractivity contribution in [1.82, 2.24) is 0 Å². The summed E-state index contributed by atoms with van der Waals surface area (Å²) in [6, 6.07) is 5.41. The van der Waals surface area contributed by atoms with Crippen LogP contribution in [-0.4, -0.2) is 30.0 Å². The molecule has 2 N–H and O–H groups in total. The third kappa shape index (κ3) is 2.69. The maximum atomic E-state index is 10.2. The summed E-state index contributed by atoms with van der Waals surface area (Å²) in [5.74, 6) is 0. The number of nitriles is 1. The first kappa shape index (κ1) is 14.1. The van der Waals surface area contributed by atoms with Gasteiger partial charge in [0.1, 0.15) is 11.7 Å². The minimum absolute atomic E-state index is 0.179. The fourth-order valence-electron chi connectivity index (χ4n) is 2.24. The summed E-state index contributed by atoms with van der Waals surface area (Å²) >= 11 is 6.21. The number of ether oxygens (including phenoxy) is 1. The molecule has 0 saturated carbocycles. The zero-order chi connectivity index (χ0) is 14.0. The van der Waals surface area contributed by atoms with E-state index in [1.165, 1.54) is 0 Å². The highest BCUT2D eigenvalue weighted by Crippen LogP contribution is 2.31. The van der Waals surface area contributed by atoms with E-state index in [1.807, 2.05) is 13.0 Å². The number of anilines is 1. The maximum Gasteiger partial charge on any atom is 0.107 e. The maximum absolute atomic E-state index is 10.2. The standard InChI is InChI=1S/C14H17ClN2O2/c1-3-10-11(5-4-9(6-16)13(10)15)17-12-7-19-8-14(12,2)18/h4-5,12,17-18H,3,7-8H2,1-2H3/t12-,14-/m0/s1. The van der Waals surface area contributed by atoms with E-state index in [1.54, 1.807) is 13.0 Å². The van der Waals surface area contributed by atoms with Gasteiger partial charge in [-0.25, -0.2) is 0 Å². The van der Waals surface area contributed by atoms with Crippen LogP contribution in [-0.2, 0) is 11.2 Å². The molecule has 1 fully saturated rings. The second-order valence-corrected chi connectivity index (χ2v) is 5.37. The lowest BCUT2D eigenvalue weighted by Gasteiger charge is -2.26. The number of benzene rings is 1. The number of hydrogen-bond acceptors (Lipinski definition) is 4. The molecule has 19 heavy (non-hydrogen) atoms. The first-order valence-electron chi connectivity index (χ1n) is 6.27. The van der Waals surface area contributed by atoms with Gasteiger partial charge in [0.05, 0.1) is 29.8 Å². The molecule has 1 aliphatic rings. The number of hydrogen-bond donors (Lipinski definition) is 2. The molecule has 0 aliphatic carbocycles. The Morgan fingerprint density at radius 1 is 1.63 bits per heavy atom. The molecular weight excluding hydrogens is 264 g/mol. The molecular formula is C14H17ClN2O2. The zero-order valence-electron chi connectivity index (χ0n) is 11.0. The highest BCUT2D eigenvalue weighted by atomic mass is 35.5. The number of rotatable bonds is 3. The van der Waals surface area contributed by atoms with Crippen molar-refractivity contribution in [3.63, 3.8) is 0 Å². The smallest absolute Gasteiger partial charge is 0.107 e. The molecule has 5 heteroatoms. The van der Waals surface area contributed by atoms with E-state index in [0.717, 1.165) is 11.3 Å². The number of halogens is 1. The van der Waals surface area contributed by atoms with Crippen molar-refractivity contribution in [1.29, 1.82) is 5.26 Å². The topological polar surface area (TPSA) is 65.3 Å². The van der Waals surface area contributed by atoms with Crippen LogP contribution in [0.4, 0.5) is 5.69 Å². The van der Waals surface area contributed by atoms with Gasteiger partial charge in [-0.1, -0.05) is 18.5 Å². The third-order valence-electron chi connectivity index (χ3n) is 3.48. The average molecular weight is 281 g/mol. The van der Waals surface area contributed by atoms with Crippen molar-refractivity contribution in [3.05, 3.63) is 28.3 Å². The van der Waals surface area contributed by atoms with E-state index in [9.17, 15) is 5.11 Å². The van der Waals surface area contributed by atoms with Gasteiger partial charge in [0.2, 0.25) is 0 Å². The summed E-state index contributed by atoms with van der Waals surface area (Å²) in [5, 5.41) is 22.9. The van der Waals surface area contributed by atoms with Crippen molar-refractivity contribution < 1.29 is 9.84 Å². The molecule has 0 radical (unpaired) electrons. The molecule has 4 nitrogen and oxygen atoms in total. The molecule has 1 aromatic carbocycles. The van der Waals surface area contributed by atoms with Crippen LogP contribution in [0.5, 0.6) is 0 Å². The van der Waals surface area contributed by atoms with Gasteiger partial charge < -0.3 is 15.2 Å². The second-order valence-electron chi connectivity index (χ2n) is 4.99. The SMILES string of the molecule is CCc1c(N[C@H]2COC[C@]2(C)O)ccc(C#N)c1Cl. The Kier molecular flexibility index (Phi) is 4.00. The van der Waals surface area contributed by atoms with E-state index in [-0.39, 0.29) is 6.04 Å². The van der Waals surface area contributed by atoms with Crippen molar-refractivity contribution in [2.75, 3.05) is 18.5 Å². The first-order valence-corrected chi connectivity index (χ1v) is 6.65. The molecule has 0 amide bonds. The van der Waals surface area contributed by atoms with Crippen LogP contribution in [0.1, 0.15) is 25.0 Å². The Hall–Kier alpha value is -1.28. The number of aliphatic hydroxyl groups is 1. The van der Waals surface area contributed by atoms with E-state index >= 15 is 0 Å². The Labute approximate surface area is 117 Å². The van der Waals surface area contributed by atoms with Crippen LogP contribution in [0.15, 0.2) is 12.1 Å². The lowest BCUT2D eigenvalue weighted by Crippen LogP contribution is -2.43. The number of nitrogens with zero attached hydrogens (tertiary/aromatic N) is 1. The summed E-state index contributed by atoms with van der Waals surface area (Å²) in [7, 11) is 0. The van der Waals surface area contributed by atoms with Gasteiger partial charge in [0.15, 0.2) is 0 Å². The van der Waals surface area contributed by atoms with Crippen LogP contribution in [0, 0.1) is 11.3 Å². The third-order valence-corrected chi connectivity index (χ3v) is 3.91. The van der Waals surface area contributed by atoms with Crippen LogP contribution in [0.3, 0.4) is 0 Å². The summed E-state index contributed by atoms with van der Waals surface area (Å²) < 4.78 is 5.30. The van der Waals surface area contributed by atoms with Crippen molar-refractivity contribution in [2.45, 2.75) is 31.9 Å². The highest BCUT2D eigenvalue weighted by molar-refractivity contribution is 6.32. The van der Waals surface area contributed by atoms with E-state index in [2.05, 4.69) is 11.4 Å². The summed E-state index contributed by atoms with van der Waals surface area (Å²) in [5.41, 5.74) is 1.31. The van der Waals surface area contributed by atoms with Gasteiger partial charge in [-0.3, -0.25) is 0 Å². The van der Waals surface area contributed by atoms with E-state index < -0.39 is 5.60 Å². The fourth-order valence-corrected chi connectivity index (χ4v) is 2.58.